The molecule has 0 saturated heterocycles. The van der Waals surface area contributed by atoms with Crippen molar-refractivity contribution in [3.63, 3.8) is 0 Å². The molecule has 2 rings (SSSR count). The smallest absolute Gasteiger partial charge is 0.363 e. The maximum atomic E-state index is 12.2. The molecule has 1 aliphatic heterocycles. The van der Waals surface area contributed by atoms with Crippen molar-refractivity contribution in [3.8, 4) is 11.8 Å². The average Bonchev–Trinajstić information content (AvgIpc) is 2.49. The molecular formula is C15H17N2O2. The summed E-state index contributed by atoms with van der Waals surface area (Å²) in [5, 5.41) is 25.1. The van der Waals surface area contributed by atoms with Gasteiger partial charge in [0, 0.05) is 16.7 Å². The van der Waals surface area contributed by atoms with E-state index < -0.39 is 11.1 Å². The lowest BCUT2D eigenvalue weighted by Gasteiger charge is -2.32. The van der Waals surface area contributed by atoms with E-state index in [9.17, 15) is 10.4 Å². The molecule has 0 N–H and O–H groups in total. The van der Waals surface area contributed by atoms with Gasteiger partial charge in [0.2, 0.25) is 0 Å². The normalized spacial score (nSPS) is 20.2. The standard InChI is InChI=1S/C15H17N2O2/c1-14(2)15(3,4)17(19)13(16(14)18)11-10-12-8-6-5-7-9-12/h5-9H,1-4H3. The molecule has 0 fully saturated rings. The first kappa shape index (κ1) is 13.4. The summed E-state index contributed by atoms with van der Waals surface area (Å²) in [4.78, 5) is 0. The van der Waals surface area contributed by atoms with Gasteiger partial charge in [-0.15, -0.1) is 0 Å². The molecule has 1 aliphatic rings. The fraction of sp³-hybridized carbons (Fsp3) is 0.400. The van der Waals surface area contributed by atoms with Crippen molar-refractivity contribution in [2.75, 3.05) is 0 Å². The highest BCUT2D eigenvalue weighted by molar-refractivity contribution is 5.96. The number of hydroxylamine groups is 3. The van der Waals surface area contributed by atoms with E-state index in [1.54, 1.807) is 27.7 Å². The Hall–Kier alpha value is -1.99. The quantitative estimate of drug-likeness (QED) is 0.406. The van der Waals surface area contributed by atoms with Gasteiger partial charge in [-0.3, -0.25) is 0 Å². The van der Waals surface area contributed by atoms with Gasteiger partial charge in [0.25, 0.3) is 0 Å². The molecule has 19 heavy (non-hydrogen) atoms. The third-order valence-corrected chi connectivity index (χ3v) is 3.99. The van der Waals surface area contributed by atoms with Gasteiger partial charge in [0.15, 0.2) is 5.54 Å². The zero-order chi connectivity index (χ0) is 14.3. The van der Waals surface area contributed by atoms with Crippen LogP contribution in [0.25, 0.3) is 0 Å². The lowest BCUT2D eigenvalue weighted by atomic mass is 9.84. The zero-order valence-corrected chi connectivity index (χ0v) is 11.6. The minimum atomic E-state index is -0.810. The summed E-state index contributed by atoms with van der Waals surface area (Å²) in [5.41, 5.74) is -0.843. The molecule has 0 aromatic heterocycles. The predicted molar refractivity (Wildman–Crippen MR) is 72.6 cm³/mol. The average molecular weight is 257 g/mol. The SMILES string of the molecule is CC1(C)N([O])C(C#Cc2ccccc2)=[N+]([O-])C1(C)C. The Labute approximate surface area is 113 Å². The number of hydrogen-bond acceptors (Lipinski definition) is 2. The summed E-state index contributed by atoms with van der Waals surface area (Å²) < 4.78 is 0.718. The molecule has 0 aliphatic carbocycles. The monoisotopic (exact) mass is 257 g/mol. The Morgan fingerprint density at radius 3 is 2.16 bits per heavy atom. The molecule has 0 spiro atoms. The second kappa shape index (κ2) is 4.29. The van der Waals surface area contributed by atoms with Crippen LogP contribution in [0.5, 0.6) is 0 Å². The molecule has 0 saturated carbocycles. The van der Waals surface area contributed by atoms with Crippen LogP contribution >= 0.6 is 0 Å². The second-order valence-electron chi connectivity index (χ2n) is 5.65. The van der Waals surface area contributed by atoms with Crippen molar-refractivity contribution in [1.82, 2.24) is 5.06 Å². The van der Waals surface area contributed by atoms with Crippen LogP contribution in [0.4, 0.5) is 0 Å². The van der Waals surface area contributed by atoms with Crippen molar-refractivity contribution in [2.24, 2.45) is 0 Å². The number of benzene rings is 1. The van der Waals surface area contributed by atoms with Crippen LogP contribution in [0.1, 0.15) is 33.3 Å². The largest absolute Gasteiger partial charge is 0.714 e. The van der Waals surface area contributed by atoms with Gasteiger partial charge < -0.3 is 5.21 Å². The fourth-order valence-corrected chi connectivity index (χ4v) is 1.86. The maximum Gasteiger partial charge on any atom is 0.363 e. The lowest BCUT2D eigenvalue weighted by Crippen LogP contribution is -2.53. The number of amidine groups is 1. The van der Waals surface area contributed by atoms with E-state index in [0.29, 0.717) is 0 Å². The molecule has 1 radical (unpaired) electrons. The minimum Gasteiger partial charge on any atom is -0.714 e. The molecule has 1 heterocycles. The summed E-state index contributed by atoms with van der Waals surface area (Å²) in [7, 11) is 0. The molecule has 0 amide bonds. The van der Waals surface area contributed by atoms with Gasteiger partial charge in [-0.05, 0) is 39.8 Å². The van der Waals surface area contributed by atoms with E-state index in [-0.39, 0.29) is 5.84 Å². The van der Waals surface area contributed by atoms with Crippen LogP contribution in [-0.4, -0.2) is 26.7 Å². The molecule has 1 aromatic rings. The Bertz CT molecular complexity index is 577. The summed E-state index contributed by atoms with van der Waals surface area (Å²) in [6, 6.07) is 9.29. The highest BCUT2D eigenvalue weighted by Crippen LogP contribution is 2.35. The molecule has 0 bridgehead atoms. The molecule has 4 heteroatoms. The molecular weight excluding hydrogens is 240 g/mol. The van der Waals surface area contributed by atoms with Crippen molar-refractivity contribution < 1.29 is 9.95 Å². The molecule has 0 unspecified atom stereocenters. The van der Waals surface area contributed by atoms with E-state index in [1.807, 2.05) is 30.3 Å². The Morgan fingerprint density at radius 2 is 1.68 bits per heavy atom. The first-order valence-corrected chi connectivity index (χ1v) is 6.17. The second-order valence-corrected chi connectivity index (χ2v) is 5.65. The Morgan fingerprint density at radius 1 is 1.11 bits per heavy atom. The number of rotatable bonds is 0. The number of hydrogen-bond donors (Lipinski definition) is 0. The Balaban J connectivity index is 2.42. The maximum absolute atomic E-state index is 12.2. The summed E-state index contributed by atoms with van der Waals surface area (Å²) in [5.74, 6) is 5.53. The summed E-state index contributed by atoms with van der Waals surface area (Å²) >= 11 is 0. The molecule has 99 valence electrons. The van der Waals surface area contributed by atoms with Crippen molar-refractivity contribution in [3.05, 3.63) is 41.1 Å². The summed E-state index contributed by atoms with van der Waals surface area (Å²) in [6.07, 6.45) is 0. The predicted octanol–water partition coefficient (Wildman–Crippen LogP) is 2.17. The van der Waals surface area contributed by atoms with Crippen molar-refractivity contribution in [1.29, 1.82) is 0 Å². The molecule has 4 nitrogen and oxygen atoms in total. The van der Waals surface area contributed by atoms with E-state index in [1.165, 1.54) is 0 Å². The van der Waals surface area contributed by atoms with Gasteiger partial charge in [0.1, 0.15) is 5.54 Å². The molecule has 0 atom stereocenters. The van der Waals surface area contributed by atoms with Crippen LogP contribution in [0.15, 0.2) is 30.3 Å². The van der Waals surface area contributed by atoms with E-state index in [4.69, 9.17) is 0 Å². The van der Waals surface area contributed by atoms with Crippen LogP contribution in [0.3, 0.4) is 0 Å². The van der Waals surface area contributed by atoms with Crippen molar-refractivity contribution >= 4 is 5.84 Å². The van der Waals surface area contributed by atoms with E-state index in [0.717, 1.165) is 15.4 Å². The van der Waals surface area contributed by atoms with Crippen LogP contribution < -0.4 is 0 Å². The van der Waals surface area contributed by atoms with E-state index >= 15 is 0 Å². The third-order valence-electron chi connectivity index (χ3n) is 3.99. The van der Waals surface area contributed by atoms with Gasteiger partial charge in [0.05, 0.1) is 0 Å². The molecule has 1 aromatic carbocycles. The first-order chi connectivity index (χ1) is 8.78. The van der Waals surface area contributed by atoms with Gasteiger partial charge in [-0.2, -0.15) is 0 Å². The minimum absolute atomic E-state index is 0.0288. The zero-order valence-electron chi connectivity index (χ0n) is 11.6. The summed E-state index contributed by atoms with van der Waals surface area (Å²) in [6.45, 7) is 7.01. The van der Waals surface area contributed by atoms with E-state index in [2.05, 4.69) is 11.8 Å². The van der Waals surface area contributed by atoms with Gasteiger partial charge >= 0.3 is 5.84 Å². The third kappa shape index (κ3) is 1.96. The highest BCUT2D eigenvalue weighted by atomic mass is 16.5. The first-order valence-electron chi connectivity index (χ1n) is 6.17. The van der Waals surface area contributed by atoms with Crippen LogP contribution in [0, 0.1) is 17.0 Å². The number of nitrogens with zero attached hydrogens (tertiary/aromatic N) is 2. The topological polar surface area (TPSA) is 49.2 Å². The fourth-order valence-electron chi connectivity index (χ4n) is 1.86. The lowest BCUT2D eigenvalue weighted by molar-refractivity contribution is -0.539. The Kier molecular flexibility index (Phi) is 3.03. The highest BCUT2D eigenvalue weighted by Gasteiger charge is 2.59. The van der Waals surface area contributed by atoms with Crippen LogP contribution in [-0.2, 0) is 5.21 Å². The van der Waals surface area contributed by atoms with Gasteiger partial charge in [-0.1, -0.05) is 29.2 Å². The van der Waals surface area contributed by atoms with Crippen molar-refractivity contribution in [2.45, 2.75) is 38.8 Å². The van der Waals surface area contributed by atoms with Gasteiger partial charge in [-0.25, -0.2) is 4.74 Å². The van der Waals surface area contributed by atoms with Crippen LogP contribution in [0.2, 0.25) is 0 Å².